The van der Waals surface area contributed by atoms with E-state index in [1.165, 1.54) is 0 Å². The molecule has 0 aliphatic carbocycles. The van der Waals surface area contributed by atoms with Crippen LogP contribution in [0.25, 0.3) is 0 Å². The molecular weight excluding hydrogens is 426 g/mol. The number of aliphatic hydroxyl groups is 1. The molecule has 4 amide bonds. The van der Waals surface area contributed by atoms with Gasteiger partial charge in [0.15, 0.2) is 0 Å². The summed E-state index contributed by atoms with van der Waals surface area (Å²) in [6.45, 7) is 6.05. The maximum absolute atomic E-state index is 12.8. The summed E-state index contributed by atoms with van der Waals surface area (Å²) in [5.41, 5.74) is 5.67. The highest BCUT2D eigenvalue weighted by atomic mass is 16.5. The number of nitrogens with two attached hydrogens (primary N) is 1. The van der Waals surface area contributed by atoms with E-state index < -0.39 is 72.7 Å². The molecule has 0 saturated carbocycles. The second kappa shape index (κ2) is 13.6. The maximum atomic E-state index is 12.8. The predicted molar refractivity (Wildman–Crippen MR) is 112 cm³/mol. The summed E-state index contributed by atoms with van der Waals surface area (Å²) < 4.78 is 0. The van der Waals surface area contributed by atoms with Gasteiger partial charge in [-0.05, 0) is 18.3 Å². The number of carbonyl (C=O) groups excluding carboxylic acids is 4. The fraction of sp³-hybridized carbons (Fsp3) is 0.737. The standard InChI is InChI=1S/C19H35N5O8/c1-9(2)6-12(17(28)22-13(8-25)19(30)31)21-18(29)15(10(3)4)23-16(27)11(20)7-14(26)24(5)32/h9-13,15,25,32H,6-8,20H2,1-5H3,(H,21,29)(H,22,28)(H,23,27)(H,30,31)/t11-,12-,13-,15-/m0/s1. The lowest BCUT2D eigenvalue weighted by Crippen LogP contribution is -2.59. The van der Waals surface area contributed by atoms with Crippen molar-refractivity contribution in [3.63, 3.8) is 0 Å². The first-order valence-corrected chi connectivity index (χ1v) is 10.2. The van der Waals surface area contributed by atoms with Crippen molar-refractivity contribution < 1.29 is 39.4 Å². The Morgan fingerprint density at radius 3 is 1.84 bits per heavy atom. The first kappa shape index (κ1) is 29.2. The van der Waals surface area contributed by atoms with Crippen molar-refractivity contribution in [2.24, 2.45) is 17.6 Å². The number of hydrogen-bond donors (Lipinski definition) is 7. The van der Waals surface area contributed by atoms with Gasteiger partial charge in [-0.3, -0.25) is 24.4 Å². The third-order valence-corrected chi connectivity index (χ3v) is 4.48. The molecule has 0 fully saturated rings. The van der Waals surface area contributed by atoms with E-state index in [9.17, 15) is 24.0 Å². The van der Waals surface area contributed by atoms with Gasteiger partial charge in [-0.2, -0.15) is 0 Å². The number of nitrogens with zero attached hydrogens (tertiary/aromatic N) is 1. The van der Waals surface area contributed by atoms with Gasteiger partial charge in [0, 0.05) is 7.05 Å². The summed E-state index contributed by atoms with van der Waals surface area (Å²) in [7, 11) is 1.09. The Bertz CT molecular complexity index is 683. The highest BCUT2D eigenvalue weighted by Crippen LogP contribution is 2.09. The number of aliphatic hydroxyl groups excluding tert-OH is 1. The van der Waals surface area contributed by atoms with Crippen LogP contribution in [0.5, 0.6) is 0 Å². The molecule has 0 aliphatic rings. The smallest absolute Gasteiger partial charge is 0.328 e. The van der Waals surface area contributed by atoms with Crippen molar-refractivity contribution in [3.05, 3.63) is 0 Å². The highest BCUT2D eigenvalue weighted by molar-refractivity contribution is 5.95. The highest BCUT2D eigenvalue weighted by Gasteiger charge is 2.32. The van der Waals surface area contributed by atoms with Crippen LogP contribution in [-0.2, 0) is 24.0 Å². The summed E-state index contributed by atoms with van der Waals surface area (Å²) in [6, 6.07) is -5.07. The van der Waals surface area contributed by atoms with Crippen LogP contribution in [0.2, 0.25) is 0 Å². The molecule has 0 aromatic carbocycles. The lowest BCUT2D eigenvalue weighted by molar-refractivity contribution is -0.160. The number of amides is 4. The number of carboxylic acids is 1. The molecule has 0 aliphatic heterocycles. The molecule has 4 atom stereocenters. The summed E-state index contributed by atoms with van der Waals surface area (Å²) in [5.74, 6) is -4.99. The number of nitrogens with one attached hydrogen (secondary N) is 3. The molecule has 32 heavy (non-hydrogen) atoms. The van der Waals surface area contributed by atoms with E-state index in [-0.39, 0.29) is 12.3 Å². The van der Waals surface area contributed by atoms with E-state index in [0.29, 0.717) is 5.06 Å². The lowest BCUT2D eigenvalue weighted by Gasteiger charge is -2.27. The number of carbonyl (C=O) groups is 5. The maximum Gasteiger partial charge on any atom is 0.328 e. The quantitative estimate of drug-likeness (QED) is 0.117. The lowest BCUT2D eigenvalue weighted by atomic mass is 9.99. The van der Waals surface area contributed by atoms with E-state index >= 15 is 0 Å². The predicted octanol–water partition coefficient (Wildman–Crippen LogP) is -2.22. The minimum atomic E-state index is -1.53. The van der Waals surface area contributed by atoms with Gasteiger partial charge in [0.05, 0.1) is 19.1 Å². The van der Waals surface area contributed by atoms with E-state index in [1.807, 2.05) is 0 Å². The fourth-order valence-corrected chi connectivity index (χ4v) is 2.63. The Morgan fingerprint density at radius 2 is 1.44 bits per heavy atom. The monoisotopic (exact) mass is 461 g/mol. The van der Waals surface area contributed by atoms with Gasteiger partial charge < -0.3 is 31.9 Å². The second-order valence-corrected chi connectivity index (χ2v) is 8.23. The van der Waals surface area contributed by atoms with Crippen LogP contribution in [-0.4, -0.2) is 87.9 Å². The van der Waals surface area contributed by atoms with E-state index in [4.69, 9.17) is 21.2 Å². The molecule has 13 heteroatoms. The molecule has 8 N–H and O–H groups in total. The minimum Gasteiger partial charge on any atom is -0.480 e. The number of carboxylic acid groups (broad SMARTS) is 1. The van der Waals surface area contributed by atoms with Crippen molar-refractivity contribution in [2.45, 2.75) is 64.7 Å². The summed E-state index contributed by atoms with van der Waals surface area (Å²) in [6.07, 6.45) is -0.313. The molecule has 0 aromatic rings. The van der Waals surface area contributed by atoms with Crippen LogP contribution in [0.3, 0.4) is 0 Å². The molecule has 0 heterocycles. The average Bonchev–Trinajstić information content (AvgIpc) is 2.67. The van der Waals surface area contributed by atoms with E-state index in [1.54, 1.807) is 27.7 Å². The topological polar surface area (TPSA) is 211 Å². The third kappa shape index (κ3) is 10.0. The molecule has 0 aromatic heterocycles. The zero-order valence-electron chi connectivity index (χ0n) is 19.0. The first-order valence-electron chi connectivity index (χ1n) is 10.2. The van der Waals surface area contributed by atoms with Crippen molar-refractivity contribution in [2.75, 3.05) is 13.7 Å². The van der Waals surface area contributed by atoms with E-state index in [0.717, 1.165) is 7.05 Å². The second-order valence-electron chi connectivity index (χ2n) is 8.23. The van der Waals surface area contributed by atoms with Crippen molar-refractivity contribution in [1.29, 1.82) is 0 Å². The Morgan fingerprint density at radius 1 is 0.906 bits per heavy atom. The van der Waals surface area contributed by atoms with Crippen molar-refractivity contribution >= 4 is 29.6 Å². The Hall–Kier alpha value is -2.77. The van der Waals surface area contributed by atoms with Gasteiger partial charge in [0.25, 0.3) is 0 Å². The number of hydrogen-bond acceptors (Lipinski definition) is 8. The third-order valence-electron chi connectivity index (χ3n) is 4.48. The minimum absolute atomic E-state index is 0.0505. The van der Waals surface area contributed by atoms with E-state index in [2.05, 4.69) is 16.0 Å². The van der Waals surface area contributed by atoms with Crippen LogP contribution in [0.4, 0.5) is 0 Å². The molecule has 0 spiro atoms. The van der Waals surface area contributed by atoms with Crippen LogP contribution in [0.15, 0.2) is 0 Å². The molecule has 0 radical (unpaired) electrons. The summed E-state index contributed by atoms with van der Waals surface area (Å²) in [4.78, 5) is 60.3. The van der Waals surface area contributed by atoms with Crippen molar-refractivity contribution in [1.82, 2.24) is 21.0 Å². The Labute approximate surface area is 186 Å². The molecule has 0 rings (SSSR count). The zero-order chi connectivity index (χ0) is 25.2. The van der Waals surface area contributed by atoms with Crippen LogP contribution >= 0.6 is 0 Å². The van der Waals surface area contributed by atoms with Crippen molar-refractivity contribution in [3.8, 4) is 0 Å². The Balaban J connectivity index is 5.37. The average molecular weight is 462 g/mol. The van der Waals surface area contributed by atoms with Crippen LogP contribution < -0.4 is 21.7 Å². The summed E-state index contributed by atoms with van der Waals surface area (Å²) in [5, 5.41) is 34.6. The van der Waals surface area contributed by atoms with Gasteiger partial charge in [0.1, 0.15) is 18.1 Å². The van der Waals surface area contributed by atoms with Gasteiger partial charge >= 0.3 is 5.97 Å². The van der Waals surface area contributed by atoms with Gasteiger partial charge in [0.2, 0.25) is 23.6 Å². The molecule has 184 valence electrons. The number of aliphatic carboxylic acids is 1. The van der Waals surface area contributed by atoms with Crippen LogP contribution in [0, 0.1) is 11.8 Å². The van der Waals surface area contributed by atoms with Gasteiger partial charge in [-0.15, -0.1) is 0 Å². The van der Waals surface area contributed by atoms with Gasteiger partial charge in [-0.1, -0.05) is 27.7 Å². The SMILES string of the molecule is CC(C)C[C@H](NC(=O)[C@@H](NC(=O)[C@@H](N)CC(=O)N(C)O)C(C)C)C(=O)N[C@@H](CO)C(=O)O. The fourth-order valence-electron chi connectivity index (χ4n) is 2.63. The molecule has 13 nitrogen and oxygen atoms in total. The zero-order valence-corrected chi connectivity index (χ0v) is 19.0. The Kier molecular flexibility index (Phi) is 12.4. The number of rotatable bonds is 13. The molecule has 0 bridgehead atoms. The largest absolute Gasteiger partial charge is 0.480 e. The number of hydroxylamine groups is 2. The summed E-state index contributed by atoms with van der Waals surface area (Å²) >= 11 is 0. The van der Waals surface area contributed by atoms with Crippen LogP contribution in [0.1, 0.15) is 40.5 Å². The van der Waals surface area contributed by atoms with Gasteiger partial charge in [-0.25, -0.2) is 9.86 Å². The molecular formula is C19H35N5O8. The molecule has 0 saturated heterocycles. The normalized spacial score (nSPS) is 14.8. The first-order chi connectivity index (χ1) is 14.7. The molecule has 0 unspecified atom stereocenters.